The highest BCUT2D eigenvalue weighted by molar-refractivity contribution is 6.31. The molecule has 5 heteroatoms. The van der Waals surface area contributed by atoms with Crippen LogP contribution in [0.25, 0.3) is 11.3 Å². The normalized spacial score (nSPS) is 11.6. The molecular formula is C14H9ClFN3. The predicted molar refractivity (Wildman–Crippen MR) is 72.3 cm³/mol. The van der Waals surface area contributed by atoms with Crippen molar-refractivity contribution in [1.29, 1.82) is 5.26 Å². The second kappa shape index (κ2) is 5.51. The molecule has 0 atom stereocenters. The van der Waals surface area contributed by atoms with Crippen molar-refractivity contribution in [1.82, 2.24) is 4.98 Å². The van der Waals surface area contributed by atoms with Crippen molar-refractivity contribution in [3.05, 3.63) is 64.7 Å². The van der Waals surface area contributed by atoms with E-state index in [0.29, 0.717) is 5.56 Å². The van der Waals surface area contributed by atoms with E-state index in [4.69, 9.17) is 17.3 Å². The van der Waals surface area contributed by atoms with Crippen LogP contribution < -0.4 is 5.73 Å². The Labute approximate surface area is 114 Å². The van der Waals surface area contributed by atoms with E-state index in [2.05, 4.69) is 4.98 Å². The Bertz CT molecular complexity index is 675. The maximum absolute atomic E-state index is 13.9. The standard InChI is InChI=1S/C14H9ClFN3/c15-12-5-1-4-10(13(12)16)14(18)11(7-17)9-3-2-6-19-8-9/h1-6,8H,18H2/b14-11-. The first-order valence-electron chi connectivity index (χ1n) is 5.39. The largest absolute Gasteiger partial charge is 0.397 e. The maximum Gasteiger partial charge on any atom is 0.151 e. The Kier molecular flexibility index (Phi) is 3.79. The van der Waals surface area contributed by atoms with Crippen LogP contribution in [-0.4, -0.2) is 4.98 Å². The fraction of sp³-hybridized carbons (Fsp3) is 0. The number of hydrogen-bond donors (Lipinski definition) is 1. The molecule has 0 aliphatic rings. The first kappa shape index (κ1) is 13.1. The van der Waals surface area contributed by atoms with Crippen molar-refractivity contribution < 1.29 is 4.39 Å². The second-order valence-electron chi connectivity index (χ2n) is 3.74. The molecule has 94 valence electrons. The average Bonchev–Trinajstić information content (AvgIpc) is 2.44. The third-order valence-corrected chi connectivity index (χ3v) is 2.87. The minimum Gasteiger partial charge on any atom is -0.397 e. The van der Waals surface area contributed by atoms with Gasteiger partial charge >= 0.3 is 0 Å². The molecule has 0 fully saturated rings. The van der Waals surface area contributed by atoms with E-state index >= 15 is 0 Å². The molecule has 0 saturated heterocycles. The van der Waals surface area contributed by atoms with Crippen LogP contribution in [-0.2, 0) is 0 Å². The molecule has 0 amide bonds. The van der Waals surface area contributed by atoms with Crippen molar-refractivity contribution >= 4 is 22.9 Å². The van der Waals surface area contributed by atoms with Crippen LogP contribution in [0, 0.1) is 17.1 Å². The quantitative estimate of drug-likeness (QED) is 0.855. The Morgan fingerprint density at radius 3 is 2.74 bits per heavy atom. The first-order valence-corrected chi connectivity index (χ1v) is 5.77. The highest BCUT2D eigenvalue weighted by atomic mass is 35.5. The SMILES string of the molecule is N#C/C(=C(/N)c1cccc(Cl)c1F)c1cccnc1. The van der Waals surface area contributed by atoms with Gasteiger partial charge in [0.1, 0.15) is 6.07 Å². The fourth-order valence-electron chi connectivity index (χ4n) is 1.64. The number of hydrogen-bond acceptors (Lipinski definition) is 3. The predicted octanol–water partition coefficient (Wildman–Crippen LogP) is 3.22. The molecule has 19 heavy (non-hydrogen) atoms. The first-order chi connectivity index (χ1) is 9.15. The molecule has 2 aromatic rings. The Morgan fingerprint density at radius 2 is 2.11 bits per heavy atom. The van der Waals surface area contributed by atoms with Gasteiger partial charge in [0.2, 0.25) is 0 Å². The molecule has 2 rings (SSSR count). The molecule has 0 radical (unpaired) electrons. The lowest BCUT2D eigenvalue weighted by Gasteiger charge is -2.08. The topological polar surface area (TPSA) is 62.7 Å². The lowest BCUT2D eigenvalue weighted by molar-refractivity contribution is 0.624. The van der Waals surface area contributed by atoms with Crippen LogP contribution in [0.4, 0.5) is 4.39 Å². The van der Waals surface area contributed by atoms with Crippen LogP contribution in [0.3, 0.4) is 0 Å². The van der Waals surface area contributed by atoms with Gasteiger partial charge in [-0.2, -0.15) is 5.26 Å². The average molecular weight is 274 g/mol. The summed E-state index contributed by atoms with van der Waals surface area (Å²) in [5, 5.41) is 9.16. The van der Waals surface area contributed by atoms with Crippen LogP contribution in [0.5, 0.6) is 0 Å². The molecule has 2 N–H and O–H groups in total. The molecule has 0 spiro atoms. The van der Waals surface area contributed by atoms with Crippen molar-refractivity contribution in [2.45, 2.75) is 0 Å². The molecule has 1 aromatic carbocycles. The molecule has 0 aliphatic carbocycles. The van der Waals surface area contributed by atoms with Crippen molar-refractivity contribution in [2.24, 2.45) is 5.73 Å². The zero-order chi connectivity index (χ0) is 13.8. The third-order valence-electron chi connectivity index (χ3n) is 2.57. The van der Waals surface area contributed by atoms with Gasteiger partial charge in [-0.1, -0.05) is 23.7 Å². The number of nitrogens with two attached hydrogens (primary N) is 1. The van der Waals surface area contributed by atoms with Gasteiger partial charge in [0.25, 0.3) is 0 Å². The lowest BCUT2D eigenvalue weighted by Crippen LogP contribution is -2.03. The minimum absolute atomic E-state index is 0.0375. The van der Waals surface area contributed by atoms with E-state index in [-0.39, 0.29) is 21.9 Å². The number of nitrogens with zero attached hydrogens (tertiary/aromatic N) is 2. The van der Waals surface area contributed by atoms with Gasteiger partial charge < -0.3 is 5.73 Å². The molecule has 0 saturated carbocycles. The van der Waals surface area contributed by atoms with Gasteiger partial charge in [-0.05, 0) is 18.2 Å². The highest BCUT2D eigenvalue weighted by Gasteiger charge is 2.14. The number of pyridine rings is 1. The summed E-state index contributed by atoms with van der Waals surface area (Å²) in [4.78, 5) is 3.91. The summed E-state index contributed by atoms with van der Waals surface area (Å²) in [5.74, 6) is -0.640. The second-order valence-corrected chi connectivity index (χ2v) is 4.15. The fourth-order valence-corrected chi connectivity index (χ4v) is 1.81. The van der Waals surface area contributed by atoms with E-state index < -0.39 is 5.82 Å². The van der Waals surface area contributed by atoms with E-state index in [1.54, 1.807) is 24.4 Å². The molecule has 0 bridgehead atoms. The summed E-state index contributed by atoms with van der Waals surface area (Å²) >= 11 is 5.70. The van der Waals surface area contributed by atoms with Crippen LogP contribution in [0.15, 0.2) is 42.7 Å². The van der Waals surface area contributed by atoms with Gasteiger partial charge in [-0.3, -0.25) is 4.98 Å². The maximum atomic E-state index is 13.9. The van der Waals surface area contributed by atoms with Gasteiger partial charge in [0.15, 0.2) is 5.82 Å². The zero-order valence-corrected chi connectivity index (χ0v) is 10.5. The number of benzene rings is 1. The molecule has 1 heterocycles. The van der Waals surface area contributed by atoms with Crippen molar-refractivity contribution in [3.8, 4) is 6.07 Å². The highest BCUT2D eigenvalue weighted by Crippen LogP contribution is 2.26. The number of rotatable bonds is 2. The summed E-state index contributed by atoms with van der Waals surface area (Å²) in [6.45, 7) is 0. The zero-order valence-electron chi connectivity index (χ0n) is 9.77. The minimum atomic E-state index is -0.640. The van der Waals surface area contributed by atoms with E-state index in [1.165, 1.54) is 18.3 Å². The van der Waals surface area contributed by atoms with E-state index in [1.807, 2.05) is 6.07 Å². The summed E-state index contributed by atoms with van der Waals surface area (Å²) in [6, 6.07) is 9.80. The molecule has 1 aromatic heterocycles. The van der Waals surface area contributed by atoms with Gasteiger partial charge in [-0.25, -0.2) is 4.39 Å². The summed E-state index contributed by atoms with van der Waals surface area (Å²) in [5.41, 5.74) is 6.72. The third kappa shape index (κ3) is 2.56. The smallest absolute Gasteiger partial charge is 0.151 e. The Balaban J connectivity index is 2.63. The van der Waals surface area contributed by atoms with Crippen molar-refractivity contribution in [3.63, 3.8) is 0 Å². The number of allylic oxidation sites excluding steroid dienone is 1. The molecule has 0 unspecified atom stereocenters. The lowest BCUT2D eigenvalue weighted by atomic mass is 10.0. The molecule has 3 nitrogen and oxygen atoms in total. The van der Waals surface area contributed by atoms with Crippen molar-refractivity contribution in [2.75, 3.05) is 0 Å². The molecular weight excluding hydrogens is 265 g/mol. The van der Waals surface area contributed by atoms with E-state index in [0.717, 1.165) is 0 Å². The van der Waals surface area contributed by atoms with Gasteiger partial charge in [-0.15, -0.1) is 0 Å². The van der Waals surface area contributed by atoms with Gasteiger partial charge in [0, 0.05) is 23.5 Å². The van der Waals surface area contributed by atoms with Gasteiger partial charge in [0.05, 0.1) is 16.3 Å². The number of halogens is 2. The molecule has 0 aliphatic heterocycles. The van der Waals surface area contributed by atoms with Crippen LogP contribution in [0.2, 0.25) is 5.02 Å². The van der Waals surface area contributed by atoms with E-state index in [9.17, 15) is 9.65 Å². The van der Waals surface area contributed by atoms with Crippen LogP contribution >= 0.6 is 11.6 Å². The summed E-state index contributed by atoms with van der Waals surface area (Å²) < 4.78 is 13.9. The summed E-state index contributed by atoms with van der Waals surface area (Å²) in [6.07, 6.45) is 3.07. The number of aromatic nitrogens is 1. The monoisotopic (exact) mass is 273 g/mol. The Morgan fingerprint density at radius 1 is 1.32 bits per heavy atom. The summed E-state index contributed by atoms with van der Waals surface area (Å²) in [7, 11) is 0. The number of nitriles is 1. The Hall–Kier alpha value is -2.38. The van der Waals surface area contributed by atoms with Crippen LogP contribution in [0.1, 0.15) is 11.1 Å².